The molecule has 0 aliphatic heterocycles. The Morgan fingerprint density at radius 3 is 2.57 bits per heavy atom. The van der Waals surface area contributed by atoms with E-state index in [2.05, 4.69) is 21.1 Å². The van der Waals surface area contributed by atoms with E-state index in [4.69, 9.17) is 10.3 Å². The summed E-state index contributed by atoms with van der Waals surface area (Å²) in [6, 6.07) is 12.2. The summed E-state index contributed by atoms with van der Waals surface area (Å²) in [5, 5.41) is 4.02. The SMILES string of the molecule is Cc1c(Br)cccc1-c1noc(N)c1-c1ccccc1F. The molecule has 106 valence electrons. The van der Waals surface area contributed by atoms with Crippen molar-refractivity contribution in [1.29, 1.82) is 0 Å². The summed E-state index contributed by atoms with van der Waals surface area (Å²) in [5.41, 5.74) is 9.10. The fraction of sp³-hybridized carbons (Fsp3) is 0.0625. The van der Waals surface area contributed by atoms with Crippen LogP contribution in [0.25, 0.3) is 22.4 Å². The first kappa shape index (κ1) is 13.8. The zero-order chi connectivity index (χ0) is 15.0. The van der Waals surface area contributed by atoms with Crippen LogP contribution in [0.15, 0.2) is 51.5 Å². The largest absolute Gasteiger partial charge is 0.367 e. The van der Waals surface area contributed by atoms with Gasteiger partial charge >= 0.3 is 0 Å². The van der Waals surface area contributed by atoms with Crippen molar-refractivity contribution in [3.05, 3.63) is 58.3 Å². The maximum atomic E-state index is 14.1. The van der Waals surface area contributed by atoms with E-state index in [1.165, 1.54) is 6.07 Å². The second-order valence-electron chi connectivity index (χ2n) is 4.66. The maximum absolute atomic E-state index is 14.1. The lowest BCUT2D eigenvalue weighted by Crippen LogP contribution is -1.92. The van der Waals surface area contributed by atoms with Crippen molar-refractivity contribution in [3.63, 3.8) is 0 Å². The van der Waals surface area contributed by atoms with Crippen LogP contribution in [-0.2, 0) is 0 Å². The van der Waals surface area contributed by atoms with Crippen LogP contribution in [-0.4, -0.2) is 5.16 Å². The number of anilines is 1. The molecule has 21 heavy (non-hydrogen) atoms. The van der Waals surface area contributed by atoms with Gasteiger partial charge in [-0.25, -0.2) is 4.39 Å². The molecule has 0 unspecified atom stereocenters. The van der Waals surface area contributed by atoms with E-state index in [0.717, 1.165) is 15.6 Å². The van der Waals surface area contributed by atoms with Gasteiger partial charge in [-0.1, -0.05) is 51.4 Å². The number of hydrogen-bond donors (Lipinski definition) is 1. The topological polar surface area (TPSA) is 52.0 Å². The Labute approximate surface area is 129 Å². The number of nitrogens with two attached hydrogens (primary N) is 1. The van der Waals surface area contributed by atoms with Crippen LogP contribution in [0, 0.1) is 12.7 Å². The zero-order valence-electron chi connectivity index (χ0n) is 11.2. The molecule has 5 heteroatoms. The van der Waals surface area contributed by atoms with Gasteiger partial charge in [0, 0.05) is 15.6 Å². The molecule has 3 rings (SSSR count). The predicted molar refractivity (Wildman–Crippen MR) is 84.2 cm³/mol. The summed E-state index contributed by atoms with van der Waals surface area (Å²) < 4.78 is 20.1. The zero-order valence-corrected chi connectivity index (χ0v) is 12.8. The Balaban J connectivity index is 2.28. The number of aromatic nitrogens is 1. The Bertz CT molecular complexity index is 814. The fourth-order valence-electron chi connectivity index (χ4n) is 2.27. The molecule has 3 nitrogen and oxygen atoms in total. The molecule has 0 spiro atoms. The Morgan fingerprint density at radius 2 is 1.81 bits per heavy atom. The average Bonchev–Trinajstić information content (AvgIpc) is 2.84. The molecule has 0 bridgehead atoms. The van der Waals surface area contributed by atoms with Crippen LogP contribution in [0.5, 0.6) is 0 Å². The van der Waals surface area contributed by atoms with Crippen LogP contribution >= 0.6 is 15.9 Å². The number of rotatable bonds is 2. The molecule has 0 aliphatic carbocycles. The molecule has 0 radical (unpaired) electrons. The van der Waals surface area contributed by atoms with Gasteiger partial charge in [0.2, 0.25) is 5.88 Å². The fourth-order valence-corrected chi connectivity index (χ4v) is 2.64. The van der Waals surface area contributed by atoms with Gasteiger partial charge in [0.05, 0.1) is 5.56 Å². The number of halogens is 2. The quantitative estimate of drug-likeness (QED) is 0.724. The number of benzene rings is 2. The van der Waals surface area contributed by atoms with Crippen LogP contribution in [0.1, 0.15) is 5.56 Å². The molecule has 0 aliphatic rings. The second kappa shape index (κ2) is 5.33. The van der Waals surface area contributed by atoms with E-state index in [1.807, 2.05) is 25.1 Å². The van der Waals surface area contributed by atoms with E-state index in [1.54, 1.807) is 18.2 Å². The highest BCUT2D eigenvalue weighted by molar-refractivity contribution is 9.10. The molecule has 0 saturated carbocycles. The standard InChI is InChI=1S/C16H12BrFN2O/c1-9-10(6-4-7-12(9)17)15-14(16(19)21-20-15)11-5-2-3-8-13(11)18/h2-8H,19H2,1H3. The molecule has 1 heterocycles. The molecule has 0 fully saturated rings. The van der Waals surface area contributed by atoms with Gasteiger partial charge < -0.3 is 10.3 Å². The molecule has 1 aromatic heterocycles. The summed E-state index contributed by atoms with van der Waals surface area (Å²) in [6.07, 6.45) is 0. The third-order valence-corrected chi connectivity index (χ3v) is 4.24. The number of nitrogens with zero attached hydrogens (tertiary/aromatic N) is 1. The van der Waals surface area contributed by atoms with Crippen molar-refractivity contribution in [2.75, 3.05) is 5.73 Å². The number of hydrogen-bond acceptors (Lipinski definition) is 3. The third-order valence-electron chi connectivity index (χ3n) is 3.38. The Morgan fingerprint density at radius 1 is 1.10 bits per heavy atom. The van der Waals surface area contributed by atoms with Crippen molar-refractivity contribution in [1.82, 2.24) is 5.16 Å². The highest BCUT2D eigenvalue weighted by Crippen LogP contribution is 2.39. The Kier molecular flexibility index (Phi) is 3.51. The van der Waals surface area contributed by atoms with Crippen molar-refractivity contribution < 1.29 is 8.91 Å². The van der Waals surface area contributed by atoms with E-state index in [0.29, 0.717) is 16.8 Å². The van der Waals surface area contributed by atoms with Gasteiger partial charge in [-0.15, -0.1) is 0 Å². The first-order valence-electron chi connectivity index (χ1n) is 6.35. The van der Waals surface area contributed by atoms with Gasteiger partial charge in [-0.05, 0) is 24.6 Å². The minimum absolute atomic E-state index is 0.106. The van der Waals surface area contributed by atoms with Crippen molar-refractivity contribution >= 4 is 21.8 Å². The van der Waals surface area contributed by atoms with Gasteiger partial charge in [-0.3, -0.25) is 0 Å². The number of nitrogen functional groups attached to an aromatic ring is 1. The van der Waals surface area contributed by atoms with Crippen molar-refractivity contribution in [3.8, 4) is 22.4 Å². The molecular weight excluding hydrogens is 335 g/mol. The molecule has 0 atom stereocenters. The van der Waals surface area contributed by atoms with E-state index >= 15 is 0 Å². The lowest BCUT2D eigenvalue weighted by Gasteiger charge is -2.08. The van der Waals surface area contributed by atoms with Crippen molar-refractivity contribution in [2.45, 2.75) is 6.92 Å². The third kappa shape index (κ3) is 2.34. The molecule has 3 aromatic rings. The molecular formula is C16H12BrFN2O. The predicted octanol–water partition coefficient (Wildman–Crippen LogP) is 4.80. The normalized spacial score (nSPS) is 10.8. The summed E-state index contributed by atoms with van der Waals surface area (Å²) in [4.78, 5) is 0. The minimum atomic E-state index is -0.360. The van der Waals surface area contributed by atoms with Gasteiger partial charge in [-0.2, -0.15) is 0 Å². The molecule has 0 amide bonds. The average molecular weight is 347 g/mol. The van der Waals surface area contributed by atoms with E-state index in [-0.39, 0.29) is 11.7 Å². The van der Waals surface area contributed by atoms with Gasteiger partial charge in [0.15, 0.2) is 0 Å². The van der Waals surface area contributed by atoms with Gasteiger partial charge in [0.25, 0.3) is 0 Å². The first-order chi connectivity index (χ1) is 10.1. The molecule has 2 N–H and O–H groups in total. The lowest BCUT2D eigenvalue weighted by molar-refractivity contribution is 0.439. The molecule has 0 saturated heterocycles. The van der Waals surface area contributed by atoms with Crippen LogP contribution in [0.4, 0.5) is 10.3 Å². The Hall–Kier alpha value is -2.14. The smallest absolute Gasteiger partial charge is 0.230 e. The highest BCUT2D eigenvalue weighted by Gasteiger charge is 2.21. The molecule has 2 aromatic carbocycles. The monoisotopic (exact) mass is 346 g/mol. The first-order valence-corrected chi connectivity index (χ1v) is 7.14. The maximum Gasteiger partial charge on any atom is 0.230 e. The summed E-state index contributed by atoms with van der Waals surface area (Å²) in [5.74, 6) is -0.254. The second-order valence-corrected chi connectivity index (χ2v) is 5.52. The summed E-state index contributed by atoms with van der Waals surface area (Å²) >= 11 is 3.48. The lowest BCUT2D eigenvalue weighted by atomic mass is 9.98. The van der Waals surface area contributed by atoms with Crippen LogP contribution in [0.3, 0.4) is 0 Å². The minimum Gasteiger partial charge on any atom is -0.367 e. The van der Waals surface area contributed by atoms with Crippen molar-refractivity contribution in [2.24, 2.45) is 0 Å². The van der Waals surface area contributed by atoms with Gasteiger partial charge in [0.1, 0.15) is 11.5 Å². The summed E-state index contributed by atoms with van der Waals surface area (Å²) in [7, 11) is 0. The van der Waals surface area contributed by atoms with Crippen LogP contribution in [0.2, 0.25) is 0 Å². The van der Waals surface area contributed by atoms with Crippen LogP contribution < -0.4 is 5.73 Å². The van der Waals surface area contributed by atoms with E-state index in [9.17, 15) is 4.39 Å². The summed E-state index contributed by atoms with van der Waals surface area (Å²) in [6.45, 7) is 1.95. The highest BCUT2D eigenvalue weighted by atomic mass is 79.9. The van der Waals surface area contributed by atoms with E-state index < -0.39 is 0 Å².